The summed E-state index contributed by atoms with van der Waals surface area (Å²) in [6.45, 7) is 0.391. The van der Waals surface area contributed by atoms with Crippen LogP contribution in [0.3, 0.4) is 0 Å². The Morgan fingerprint density at radius 3 is 2.91 bits per heavy atom. The molecule has 2 unspecified atom stereocenters. The van der Waals surface area contributed by atoms with Crippen molar-refractivity contribution in [3.63, 3.8) is 0 Å². The Morgan fingerprint density at radius 1 is 1.64 bits per heavy atom. The summed E-state index contributed by atoms with van der Waals surface area (Å²) < 4.78 is 10.1. The third-order valence-electron chi connectivity index (χ3n) is 1.98. The Labute approximate surface area is 65.7 Å². The van der Waals surface area contributed by atoms with Crippen LogP contribution in [-0.2, 0) is 9.47 Å². The van der Waals surface area contributed by atoms with Crippen molar-refractivity contribution in [2.75, 3.05) is 20.3 Å². The predicted molar refractivity (Wildman–Crippen MR) is 38.2 cm³/mol. The lowest BCUT2D eigenvalue weighted by molar-refractivity contribution is -0.156. The van der Waals surface area contributed by atoms with Gasteiger partial charge in [-0.05, 0) is 6.42 Å². The maximum atomic E-state index is 9.42. The fraction of sp³-hybridized carbons (Fsp3) is 1.00. The number of methoxy groups -OCH3 is 1. The van der Waals surface area contributed by atoms with Crippen LogP contribution in [0.2, 0.25) is 0 Å². The van der Waals surface area contributed by atoms with Gasteiger partial charge in [-0.2, -0.15) is 0 Å². The summed E-state index contributed by atoms with van der Waals surface area (Å²) in [5.74, 6) is 0. The van der Waals surface area contributed by atoms with Gasteiger partial charge >= 0.3 is 0 Å². The molecule has 1 rings (SSSR count). The molecule has 0 saturated carbocycles. The Hall–Kier alpha value is -0.160. The van der Waals surface area contributed by atoms with E-state index in [1.807, 2.05) is 0 Å². The Kier molecular flexibility index (Phi) is 3.26. The van der Waals surface area contributed by atoms with Crippen LogP contribution in [0.25, 0.3) is 0 Å². The Balaban J connectivity index is 2.45. The average molecular weight is 162 g/mol. The lowest BCUT2D eigenvalue weighted by Crippen LogP contribution is -2.47. The minimum atomic E-state index is -0.696. The number of ether oxygens (including phenoxy) is 2. The highest BCUT2D eigenvalue weighted by Crippen LogP contribution is 2.16. The number of aliphatic hydroxyl groups excluding tert-OH is 2. The highest BCUT2D eigenvalue weighted by Gasteiger charge is 2.31. The second-order valence-electron chi connectivity index (χ2n) is 2.65. The quantitative estimate of drug-likeness (QED) is 0.555. The zero-order valence-corrected chi connectivity index (χ0v) is 6.56. The van der Waals surface area contributed by atoms with Crippen LogP contribution in [0.5, 0.6) is 0 Å². The molecule has 0 aromatic carbocycles. The van der Waals surface area contributed by atoms with Crippen molar-refractivity contribution in [2.45, 2.75) is 24.7 Å². The van der Waals surface area contributed by atoms with E-state index in [4.69, 9.17) is 14.6 Å². The minimum absolute atomic E-state index is 0.152. The van der Waals surface area contributed by atoms with Crippen LogP contribution in [-0.4, -0.2) is 48.8 Å². The van der Waals surface area contributed by atoms with Gasteiger partial charge in [0, 0.05) is 13.7 Å². The van der Waals surface area contributed by atoms with Gasteiger partial charge in [-0.1, -0.05) is 0 Å². The zero-order chi connectivity index (χ0) is 8.27. The van der Waals surface area contributed by atoms with Gasteiger partial charge in [0.2, 0.25) is 0 Å². The van der Waals surface area contributed by atoms with Gasteiger partial charge < -0.3 is 19.7 Å². The average Bonchev–Trinajstić information content (AvgIpc) is 2.05. The molecule has 1 fully saturated rings. The summed E-state index contributed by atoms with van der Waals surface area (Å²) in [5.41, 5.74) is 0. The number of aliphatic hydroxyl groups is 2. The smallest absolute Gasteiger partial charge is 0.109 e. The van der Waals surface area contributed by atoms with E-state index in [9.17, 15) is 5.11 Å². The molecular formula is C7H14O4. The third-order valence-corrected chi connectivity index (χ3v) is 1.98. The molecule has 3 atom stereocenters. The lowest BCUT2D eigenvalue weighted by Gasteiger charge is -2.32. The van der Waals surface area contributed by atoms with Crippen molar-refractivity contribution in [3.05, 3.63) is 0 Å². The van der Waals surface area contributed by atoms with Gasteiger partial charge in [-0.25, -0.2) is 0 Å². The van der Waals surface area contributed by atoms with Gasteiger partial charge in [0.15, 0.2) is 0 Å². The first-order valence-corrected chi connectivity index (χ1v) is 3.73. The maximum absolute atomic E-state index is 9.42. The third kappa shape index (κ3) is 1.90. The molecule has 0 amide bonds. The van der Waals surface area contributed by atoms with Gasteiger partial charge in [-0.3, -0.25) is 0 Å². The normalized spacial score (nSPS) is 39.0. The van der Waals surface area contributed by atoms with E-state index in [-0.39, 0.29) is 12.7 Å². The fourth-order valence-electron chi connectivity index (χ4n) is 1.26. The van der Waals surface area contributed by atoms with Crippen molar-refractivity contribution in [2.24, 2.45) is 0 Å². The van der Waals surface area contributed by atoms with Crippen molar-refractivity contribution < 1.29 is 19.7 Å². The van der Waals surface area contributed by atoms with Crippen LogP contribution in [0.1, 0.15) is 6.42 Å². The number of hydrogen-bond donors (Lipinski definition) is 2. The molecule has 66 valence electrons. The largest absolute Gasteiger partial charge is 0.394 e. The molecule has 0 aromatic heterocycles. The van der Waals surface area contributed by atoms with Crippen LogP contribution < -0.4 is 0 Å². The molecule has 4 heteroatoms. The molecule has 1 aliphatic rings. The van der Waals surface area contributed by atoms with Crippen LogP contribution in [0, 0.1) is 0 Å². The van der Waals surface area contributed by atoms with Gasteiger partial charge in [-0.15, -0.1) is 0 Å². The van der Waals surface area contributed by atoms with Crippen LogP contribution >= 0.6 is 0 Å². The maximum Gasteiger partial charge on any atom is 0.109 e. The van der Waals surface area contributed by atoms with Gasteiger partial charge in [0.05, 0.1) is 12.7 Å². The zero-order valence-electron chi connectivity index (χ0n) is 6.56. The summed E-state index contributed by atoms with van der Waals surface area (Å²) >= 11 is 0. The van der Waals surface area contributed by atoms with E-state index in [1.54, 1.807) is 7.11 Å². The van der Waals surface area contributed by atoms with E-state index in [0.29, 0.717) is 13.0 Å². The second kappa shape index (κ2) is 4.01. The first-order valence-electron chi connectivity index (χ1n) is 3.73. The molecule has 11 heavy (non-hydrogen) atoms. The first-order chi connectivity index (χ1) is 5.29. The summed E-state index contributed by atoms with van der Waals surface area (Å²) in [5, 5.41) is 18.2. The molecule has 0 bridgehead atoms. The van der Waals surface area contributed by atoms with E-state index in [0.717, 1.165) is 0 Å². The Bertz CT molecular complexity index is 105. The molecular weight excluding hydrogens is 148 g/mol. The number of hydrogen-bond acceptors (Lipinski definition) is 4. The highest BCUT2D eigenvalue weighted by atomic mass is 16.5. The second-order valence-corrected chi connectivity index (χ2v) is 2.65. The predicted octanol–water partition coefficient (Wildman–Crippen LogP) is -0.857. The molecule has 1 heterocycles. The SMILES string of the molecule is COC1CCOC(CO)[C@@H]1O. The highest BCUT2D eigenvalue weighted by molar-refractivity contribution is 4.81. The summed E-state index contributed by atoms with van der Waals surface area (Å²) in [6.07, 6.45) is -0.679. The van der Waals surface area contributed by atoms with Gasteiger partial charge in [0.1, 0.15) is 12.2 Å². The van der Waals surface area contributed by atoms with E-state index in [2.05, 4.69) is 0 Å². The minimum Gasteiger partial charge on any atom is -0.394 e. The van der Waals surface area contributed by atoms with Crippen LogP contribution in [0.4, 0.5) is 0 Å². The van der Waals surface area contributed by atoms with Gasteiger partial charge in [0.25, 0.3) is 0 Å². The number of rotatable bonds is 2. The molecule has 0 aliphatic carbocycles. The standard InChI is InChI=1S/C7H14O4/c1-10-5-2-3-11-6(4-8)7(5)9/h5-9H,2-4H2,1H3/t5?,6?,7-/m1/s1. The monoisotopic (exact) mass is 162 g/mol. The van der Waals surface area contributed by atoms with E-state index < -0.39 is 12.2 Å². The summed E-state index contributed by atoms with van der Waals surface area (Å²) in [4.78, 5) is 0. The van der Waals surface area contributed by atoms with Crippen molar-refractivity contribution in [1.82, 2.24) is 0 Å². The topological polar surface area (TPSA) is 58.9 Å². The molecule has 2 N–H and O–H groups in total. The Morgan fingerprint density at radius 2 is 2.36 bits per heavy atom. The molecule has 0 spiro atoms. The fourth-order valence-corrected chi connectivity index (χ4v) is 1.26. The lowest BCUT2D eigenvalue weighted by atomic mass is 10.0. The molecule has 0 radical (unpaired) electrons. The summed E-state index contributed by atoms with van der Waals surface area (Å²) in [7, 11) is 1.55. The molecule has 4 nitrogen and oxygen atoms in total. The van der Waals surface area contributed by atoms with Crippen molar-refractivity contribution in [1.29, 1.82) is 0 Å². The van der Waals surface area contributed by atoms with Crippen LogP contribution in [0.15, 0.2) is 0 Å². The van der Waals surface area contributed by atoms with E-state index in [1.165, 1.54) is 0 Å². The van der Waals surface area contributed by atoms with Crippen molar-refractivity contribution in [3.8, 4) is 0 Å². The summed E-state index contributed by atoms with van der Waals surface area (Å²) in [6, 6.07) is 0. The van der Waals surface area contributed by atoms with Crippen molar-refractivity contribution >= 4 is 0 Å². The molecule has 0 aromatic rings. The molecule has 1 saturated heterocycles. The van der Waals surface area contributed by atoms with E-state index >= 15 is 0 Å². The first kappa shape index (κ1) is 8.93. The molecule has 1 aliphatic heterocycles.